The quantitative estimate of drug-likeness (QED) is 0.666. The number of benzene rings is 1. The number of fused-ring (bicyclic) bond motifs is 1. The van der Waals surface area contributed by atoms with E-state index in [1.165, 1.54) is 6.42 Å². The van der Waals surface area contributed by atoms with E-state index in [0.717, 1.165) is 48.3 Å². The van der Waals surface area contributed by atoms with Crippen LogP contribution in [0.2, 0.25) is 5.02 Å². The summed E-state index contributed by atoms with van der Waals surface area (Å²) in [6.07, 6.45) is 7.01. The van der Waals surface area contributed by atoms with Crippen molar-refractivity contribution in [3.05, 3.63) is 53.3 Å². The molecule has 142 valence electrons. The molecule has 0 saturated carbocycles. The van der Waals surface area contributed by atoms with Crippen LogP contribution in [0.15, 0.2) is 42.7 Å². The summed E-state index contributed by atoms with van der Waals surface area (Å²) in [5.74, 6) is 0.806. The molecule has 1 aromatic carbocycles. The number of hydrogen-bond acceptors (Lipinski definition) is 3. The fourth-order valence-corrected chi connectivity index (χ4v) is 3.64. The molecule has 0 atom stereocenters. The van der Waals surface area contributed by atoms with E-state index in [9.17, 15) is 4.79 Å². The summed E-state index contributed by atoms with van der Waals surface area (Å²) in [4.78, 5) is 19.5. The van der Waals surface area contributed by atoms with Crippen LogP contribution in [0.3, 0.4) is 0 Å². The third kappa shape index (κ3) is 3.89. The van der Waals surface area contributed by atoms with Gasteiger partial charge in [0.1, 0.15) is 5.82 Å². The lowest BCUT2D eigenvalue weighted by Gasteiger charge is -2.27. The van der Waals surface area contributed by atoms with Gasteiger partial charge in [-0.25, -0.2) is 4.98 Å². The smallest absolute Gasteiger partial charge is 0.257 e. The standard InChI is InChI=1S/C20H21ClN4O.ClH/c1-24-12-9-16-18(24)17(20(26)25-10-3-2-4-11-25)13-22-19(16)23-15-7-5-14(21)6-8-15;/h5-9,12-13H,2-4,10-11H2,1H3,(H,22,23);1H. The van der Waals surface area contributed by atoms with E-state index < -0.39 is 0 Å². The lowest BCUT2D eigenvalue weighted by Crippen LogP contribution is -2.35. The number of anilines is 2. The highest BCUT2D eigenvalue weighted by atomic mass is 35.5. The van der Waals surface area contributed by atoms with Crippen molar-refractivity contribution in [2.24, 2.45) is 7.05 Å². The molecular weight excluding hydrogens is 383 g/mol. The first-order valence-corrected chi connectivity index (χ1v) is 9.27. The fraction of sp³-hybridized carbons (Fsp3) is 0.300. The summed E-state index contributed by atoms with van der Waals surface area (Å²) in [7, 11) is 1.96. The molecule has 1 aliphatic rings. The highest BCUT2D eigenvalue weighted by Gasteiger charge is 2.22. The lowest BCUT2D eigenvalue weighted by atomic mass is 10.1. The molecule has 0 bridgehead atoms. The van der Waals surface area contributed by atoms with E-state index in [-0.39, 0.29) is 18.3 Å². The molecule has 0 unspecified atom stereocenters. The average molecular weight is 405 g/mol. The Morgan fingerprint density at radius 2 is 1.81 bits per heavy atom. The van der Waals surface area contributed by atoms with Crippen molar-refractivity contribution in [2.75, 3.05) is 18.4 Å². The molecule has 4 rings (SSSR count). The number of pyridine rings is 1. The first-order chi connectivity index (χ1) is 12.6. The molecular formula is C20H22Cl2N4O. The zero-order valence-electron chi connectivity index (χ0n) is 15.1. The second kappa shape index (κ2) is 8.19. The number of carbonyl (C=O) groups excluding carboxylic acids is 1. The zero-order valence-corrected chi connectivity index (χ0v) is 16.7. The number of hydrogen-bond donors (Lipinski definition) is 1. The molecule has 1 saturated heterocycles. The van der Waals surface area contributed by atoms with Crippen molar-refractivity contribution in [1.82, 2.24) is 14.5 Å². The third-order valence-electron chi connectivity index (χ3n) is 4.89. The third-order valence-corrected chi connectivity index (χ3v) is 5.14. The number of amides is 1. The number of halogens is 2. The summed E-state index contributed by atoms with van der Waals surface area (Å²) >= 11 is 5.95. The topological polar surface area (TPSA) is 50.2 Å². The van der Waals surface area contributed by atoms with E-state index >= 15 is 0 Å². The molecule has 1 amide bonds. The van der Waals surface area contributed by atoms with Crippen LogP contribution < -0.4 is 5.32 Å². The maximum Gasteiger partial charge on any atom is 0.257 e. The van der Waals surface area contributed by atoms with Gasteiger partial charge in [-0.2, -0.15) is 0 Å². The fourth-order valence-electron chi connectivity index (χ4n) is 3.51. The van der Waals surface area contributed by atoms with Crippen LogP contribution in [0.25, 0.3) is 10.9 Å². The molecule has 2 aromatic heterocycles. The minimum Gasteiger partial charge on any atom is -0.350 e. The molecule has 5 nitrogen and oxygen atoms in total. The zero-order chi connectivity index (χ0) is 18.1. The van der Waals surface area contributed by atoms with Gasteiger partial charge in [0.05, 0.1) is 11.1 Å². The minimum absolute atomic E-state index is 0. The minimum atomic E-state index is 0. The number of rotatable bonds is 3. The highest BCUT2D eigenvalue weighted by Crippen LogP contribution is 2.29. The summed E-state index contributed by atoms with van der Waals surface area (Å²) < 4.78 is 1.99. The van der Waals surface area contributed by atoms with Gasteiger partial charge in [0.2, 0.25) is 0 Å². The average Bonchev–Trinajstić information content (AvgIpc) is 3.06. The largest absolute Gasteiger partial charge is 0.350 e. The van der Waals surface area contributed by atoms with Gasteiger partial charge in [-0.3, -0.25) is 4.79 Å². The van der Waals surface area contributed by atoms with E-state index in [1.807, 2.05) is 53.0 Å². The van der Waals surface area contributed by atoms with Crippen LogP contribution in [-0.2, 0) is 7.05 Å². The number of likely N-dealkylation sites (tertiary alicyclic amines) is 1. The van der Waals surface area contributed by atoms with Crippen molar-refractivity contribution in [3.8, 4) is 0 Å². The van der Waals surface area contributed by atoms with E-state index in [0.29, 0.717) is 10.6 Å². The monoisotopic (exact) mass is 404 g/mol. The van der Waals surface area contributed by atoms with Crippen LogP contribution in [0.5, 0.6) is 0 Å². The summed E-state index contributed by atoms with van der Waals surface area (Å²) in [6.45, 7) is 1.66. The SMILES string of the molecule is Cl.Cn1ccc2c(Nc3ccc(Cl)cc3)ncc(C(=O)N3CCCCC3)c21. The van der Waals surface area contributed by atoms with Crippen LogP contribution in [0, 0.1) is 0 Å². The van der Waals surface area contributed by atoms with E-state index in [2.05, 4.69) is 10.3 Å². The van der Waals surface area contributed by atoms with Crippen molar-refractivity contribution >= 4 is 52.3 Å². The Labute approximate surface area is 169 Å². The van der Waals surface area contributed by atoms with E-state index in [4.69, 9.17) is 11.6 Å². The second-order valence-electron chi connectivity index (χ2n) is 6.69. The number of aromatic nitrogens is 2. The molecule has 27 heavy (non-hydrogen) atoms. The van der Waals surface area contributed by atoms with Crippen LogP contribution in [-0.4, -0.2) is 33.4 Å². The molecule has 1 N–H and O–H groups in total. The molecule has 1 aliphatic heterocycles. The molecule has 0 aliphatic carbocycles. The van der Waals surface area contributed by atoms with Crippen LogP contribution in [0.4, 0.5) is 11.5 Å². The first kappa shape index (κ1) is 19.5. The lowest BCUT2D eigenvalue weighted by molar-refractivity contribution is 0.0725. The Hall–Kier alpha value is -2.24. The Morgan fingerprint density at radius 1 is 1.11 bits per heavy atom. The number of aryl methyl sites for hydroxylation is 1. The molecule has 3 heterocycles. The first-order valence-electron chi connectivity index (χ1n) is 8.89. The molecule has 0 spiro atoms. The molecule has 0 radical (unpaired) electrons. The number of nitrogens with one attached hydrogen (secondary N) is 1. The predicted octanol–water partition coefficient (Wildman–Crippen LogP) is 5.02. The van der Waals surface area contributed by atoms with Gasteiger partial charge in [0, 0.05) is 48.6 Å². The van der Waals surface area contributed by atoms with Gasteiger partial charge in [0.25, 0.3) is 5.91 Å². The van der Waals surface area contributed by atoms with Gasteiger partial charge < -0.3 is 14.8 Å². The molecule has 1 fully saturated rings. The Balaban J connectivity index is 0.00000210. The highest BCUT2D eigenvalue weighted by molar-refractivity contribution is 6.30. The van der Waals surface area contributed by atoms with Crippen molar-refractivity contribution in [2.45, 2.75) is 19.3 Å². The van der Waals surface area contributed by atoms with Crippen molar-refractivity contribution < 1.29 is 4.79 Å². The van der Waals surface area contributed by atoms with Crippen molar-refractivity contribution in [3.63, 3.8) is 0 Å². The van der Waals surface area contributed by atoms with Crippen molar-refractivity contribution in [1.29, 1.82) is 0 Å². The summed E-state index contributed by atoms with van der Waals surface area (Å²) in [6, 6.07) is 9.48. The maximum atomic E-state index is 13.0. The number of nitrogens with zero attached hydrogens (tertiary/aromatic N) is 3. The van der Waals surface area contributed by atoms with Crippen LogP contribution in [0.1, 0.15) is 29.6 Å². The maximum absolute atomic E-state index is 13.0. The van der Waals surface area contributed by atoms with Gasteiger partial charge in [0.15, 0.2) is 0 Å². The molecule has 3 aromatic rings. The number of carbonyl (C=O) groups is 1. The van der Waals surface area contributed by atoms with E-state index in [1.54, 1.807) is 6.20 Å². The second-order valence-corrected chi connectivity index (χ2v) is 7.13. The van der Waals surface area contributed by atoms with Gasteiger partial charge in [-0.05, 0) is 49.6 Å². The Bertz CT molecular complexity index is 947. The van der Waals surface area contributed by atoms with Crippen LogP contribution >= 0.6 is 24.0 Å². The summed E-state index contributed by atoms with van der Waals surface area (Å²) in [5.41, 5.74) is 2.48. The Morgan fingerprint density at radius 3 is 2.52 bits per heavy atom. The summed E-state index contributed by atoms with van der Waals surface area (Å²) in [5, 5.41) is 4.95. The Kier molecular flexibility index (Phi) is 5.92. The predicted molar refractivity (Wildman–Crippen MR) is 112 cm³/mol. The van der Waals surface area contributed by atoms with Gasteiger partial charge in [-0.15, -0.1) is 12.4 Å². The van der Waals surface area contributed by atoms with Gasteiger partial charge in [-0.1, -0.05) is 11.6 Å². The van der Waals surface area contributed by atoms with Gasteiger partial charge >= 0.3 is 0 Å². The number of piperidine rings is 1. The normalized spacial score (nSPS) is 14.1. The molecule has 7 heteroatoms.